The Morgan fingerprint density at radius 1 is 0.943 bits per heavy atom. The van der Waals surface area contributed by atoms with Crippen LogP contribution >= 0.6 is 11.3 Å². The van der Waals surface area contributed by atoms with Gasteiger partial charge >= 0.3 is 0 Å². The molecule has 182 valence electrons. The second kappa shape index (κ2) is 9.27. The van der Waals surface area contributed by atoms with Crippen LogP contribution in [0.4, 0.5) is 0 Å². The summed E-state index contributed by atoms with van der Waals surface area (Å²) < 4.78 is 29.3. The molecule has 2 aromatic heterocycles. The first-order valence-electron chi connectivity index (χ1n) is 11.5. The van der Waals surface area contributed by atoms with Crippen molar-refractivity contribution in [3.63, 3.8) is 0 Å². The van der Waals surface area contributed by atoms with Gasteiger partial charge in [0, 0.05) is 44.4 Å². The van der Waals surface area contributed by atoms with E-state index in [2.05, 4.69) is 15.0 Å². The zero-order valence-electron chi connectivity index (χ0n) is 19.9. The molecule has 0 bridgehead atoms. The van der Waals surface area contributed by atoms with Crippen molar-refractivity contribution in [2.24, 2.45) is 0 Å². The average molecular weight is 510 g/mol. The molecule has 3 heterocycles. The Bertz CT molecular complexity index is 1570. The molecule has 0 saturated carbocycles. The van der Waals surface area contributed by atoms with Crippen molar-refractivity contribution in [3.05, 3.63) is 81.3 Å². The fourth-order valence-electron chi connectivity index (χ4n) is 4.34. The third-order valence-electron chi connectivity index (χ3n) is 6.35. The molecule has 10 heteroatoms. The van der Waals surface area contributed by atoms with Crippen molar-refractivity contribution in [1.82, 2.24) is 23.8 Å². The Morgan fingerprint density at radius 3 is 2.43 bits per heavy atom. The number of nitrogens with zero attached hydrogens (tertiary/aromatic N) is 5. The molecule has 0 atom stereocenters. The van der Waals surface area contributed by atoms with E-state index in [0.717, 1.165) is 27.3 Å². The fourth-order valence-corrected chi connectivity index (χ4v) is 7.09. The van der Waals surface area contributed by atoms with Gasteiger partial charge in [-0.3, -0.25) is 9.69 Å². The van der Waals surface area contributed by atoms with Gasteiger partial charge in [-0.05, 0) is 43.5 Å². The van der Waals surface area contributed by atoms with E-state index in [-0.39, 0.29) is 5.56 Å². The van der Waals surface area contributed by atoms with Crippen LogP contribution in [0.5, 0.6) is 0 Å². The number of aryl methyl sites for hydroxylation is 3. The molecule has 1 fully saturated rings. The van der Waals surface area contributed by atoms with Gasteiger partial charge in [-0.25, -0.2) is 13.4 Å². The second-order valence-corrected chi connectivity index (χ2v) is 11.8. The van der Waals surface area contributed by atoms with Crippen LogP contribution in [-0.2, 0) is 16.6 Å². The first-order chi connectivity index (χ1) is 16.7. The molecule has 5 rings (SSSR count). The lowest BCUT2D eigenvalue weighted by molar-refractivity contribution is 0.180. The summed E-state index contributed by atoms with van der Waals surface area (Å²) in [4.78, 5) is 20.5. The number of aromatic nitrogens is 3. The normalized spacial score (nSPS) is 15.6. The van der Waals surface area contributed by atoms with E-state index in [4.69, 9.17) is 0 Å². The maximum atomic E-state index is 13.2. The molecular formula is C25H27N5O3S2. The predicted molar refractivity (Wildman–Crippen MR) is 137 cm³/mol. The van der Waals surface area contributed by atoms with Crippen LogP contribution in [0.2, 0.25) is 0 Å². The Balaban J connectivity index is 1.31. The molecule has 1 aliphatic rings. The minimum absolute atomic E-state index is 0.211. The summed E-state index contributed by atoms with van der Waals surface area (Å²) in [6.45, 7) is 8.17. The van der Waals surface area contributed by atoms with E-state index in [9.17, 15) is 13.2 Å². The molecule has 0 aliphatic carbocycles. The first kappa shape index (κ1) is 23.8. The van der Waals surface area contributed by atoms with Crippen LogP contribution in [0.3, 0.4) is 0 Å². The number of piperazine rings is 1. The van der Waals surface area contributed by atoms with Gasteiger partial charge in [0.25, 0.3) is 5.56 Å². The minimum Gasteiger partial charge on any atom is -0.295 e. The van der Waals surface area contributed by atoms with Gasteiger partial charge in [0.1, 0.15) is 5.01 Å². The van der Waals surface area contributed by atoms with Crippen molar-refractivity contribution in [2.75, 3.05) is 26.2 Å². The van der Waals surface area contributed by atoms with E-state index in [1.54, 1.807) is 10.4 Å². The van der Waals surface area contributed by atoms with Gasteiger partial charge in [0.05, 0.1) is 10.6 Å². The van der Waals surface area contributed by atoms with Crippen molar-refractivity contribution in [2.45, 2.75) is 32.2 Å². The van der Waals surface area contributed by atoms with Gasteiger partial charge in [-0.1, -0.05) is 47.7 Å². The first-order valence-corrected chi connectivity index (χ1v) is 13.7. The van der Waals surface area contributed by atoms with Crippen molar-refractivity contribution >= 4 is 26.3 Å². The zero-order chi connectivity index (χ0) is 24.7. The van der Waals surface area contributed by atoms with Gasteiger partial charge in [0.2, 0.25) is 15.0 Å². The van der Waals surface area contributed by atoms with Gasteiger partial charge in [-0.2, -0.15) is 13.9 Å². The molecule has 0 amide bonds. The largest absolute Gasteiger partial charge is 0.295 e. The third-order valence-corrected chi connectivity index (χ3v) is 9.33. The highest BCUT2D eigenvalue weighted by Crippen LogP contribution is 2.27. The van der Waals surface area contributed by atoms with E-state index in [1.165, 1.54) is 21.9 Å². The maximum Gasteiger partial charge on any atom is 0.275 e. The molecule has 0 N–H and O–H groups in total. The molecule has 4 aromatic rings. The Kier molecular flexibility index (Phi) is 6.30. The highest BCUT2D eigenvalue weighted by atomic mass is 32.2. The minimum atomic E-state index is -3.54. The lowest BCUT2D eigenvalue weighted by atomic mass is 10.1. The van der Waals surface area contributed by atoms with Gasteiger partial charge in [0.15, 0.2) is 0 Å². The van der Waals surface area contributed by atoms with Crippen LogP contribution in [0.1, 0.15) is 22.4 Å². The van der Waals surface area contributed by atoms with Crippen LogP contribution in [0.15, 0.2) is 58.2 Å². The summed E-state index contributed by atoms with van der Waals surface area (Å²) in [6.07, 6.45) is 0. The predicted octanol–water partition coefficient (Wildman–Crippen LogP) is 3.25. The number of benzene rings is 2. The SMILES string of the molecule is Cc1ccc(C)c(S(=O)(=O)N2CCN(Cc3cc(=O)n4nc(-c5ccccc5C)sc4n3)CC2)c1. The van der Waals surface area contributed by atoms with Gasteiger partial charge < -0.3 is 0 Å². The highest BCUT2D eigenvalue weighted by molar-refractivity contribution is 7.89. The van der Waals surface area contributed by atoms with E-state index < -0.39 is 10.0 Å². The summed E-state index contributed by atoms with van der Waals surface area (Å²) in [6, 6.07) is 15.0. The molecule has 2 aromatic carbocycles. The molecule has 8 nitrogen and oxygen atoms in total. The Hall–Kier alpha value is -2.92. The summed E-state index contributed by atoms with van der Waals surface area (Å²) >= 11 is 1.39. The summed E-state index contributed by atoms with van der Waals surface area (Å²) in [5.74, 6) is 0. The van der Waals surface area contributed by atoms with E-state index >= 15 is 0 Å². The molecule has 1 saturated heterocycles. The second-order valence-electron chi connectivity index (χ2n) is 8.95. The van der Waals surface area contributed by atoms with Crippen LogP contribution in [-0.4, -0.2) is 58.4 Å². The molecule has 0 spiro atoms. The standard InChI is InChI=1S/C25H27N5O3S2/c1-17-8-9-19(3)22(14-17)35(32,33)29-12-10-28(11-13-29)16-20-15-23(31)30-25(26-20)34-24(27-30)21-7-5-4-6-18(21)2/h4-9,14-15H,10-13,16H2,1-3H3. The average Bonchev–Trinajstić information content (AvgIpc) is 3.26. The topological polar surface area (TPSA) is 87.9 Å². The number of hydrogen-bond donors (Lipinski definition) is 0. The van der Waals surface area contributed by atoms with Crippen molar-refractivity contribution in [3.8, 4) is 10.6 Å². The molecular weight excluding hydrogens is 482 g/mol. The van der Waals surface area contributed by atoms with Gasteiger partial charge in [-0.15, -0.1) is 0 Å². The molecule has 35 heavy (non-hydrogen) atoms. The number of rotatable bonds is 5. The lowest BCUT2D eigenvalue weighted by Crippen LogP contribution is -2.48. The van der Waals surface area contributed by atoms with E-state index in [1.807, 2.05) is 57.2 Å². The van der Waals surface area contributed by atoms with Crippen molar-refractivity contribution in [1.29, 1.82) is 0 Å². The summed E-state index contributed by atoms with van der Waals surface area (Å²) in [7, 11) is -3.54. The number of fused-ring (bicyclic) bond motifs is 1. The Morgan fingerprint density at radius 2 is 1.69 bits per heavy atom. The monoisotopic (exact) mass is 509 g/mol. The lowest BCUT2D eigenvalue weighted by Gasteiger charge is -2.34. The third kappa shape index (κ3) is 4.66. The highest BCUT2D eigenvalue weighted by Gasteiger charge is 2.30. The van der Waals surface area contributed by atoms with Crippen LogP contribution in [0, 0.1) is 20.8 Å². The maximum absolute atomic E-state index is 13.2. The molecule has 0 unspecified atom stereocenters. The van der Waals surface area contributed by atoms with Crippen LogP contribution < -0.4 is 5.56 Å². The summed E-state index contributed by atoms with van der Waals surface area (Å²) in [5, 5.41) is 5.24. The van der Waals surface area contributed by atoms with E-state index in [0.29, 0.717) is 48.3 Å². The molecule has 1 aliphatic heterocycles. The summed E-state index contributed by atoms with van der Waals surface area (Å²) in [5.41, 5.74) is 4.22. The van der Waals surface area contributed by atoms with Crippen LogP contribution in [0.25, 0.3) is 15.5 Å². The Labute approximate surface area is 208 Å². The molecule has 0 radical (unpaired) electrons. The zero-order valence-corrected chi connectivity index (χ0v) is 21.6. The quantitative estimate of drug-likeness (QED) is 0.410. The fraction of sp³-hybridized carbons (Fsp3) is 0.320. The van der Waals surface area contributed by atoms with Crippen molar-refractivity contribution < 1.29 is 8.42 Å². The smallest absolute Gasteiger partial charge is 0.275 e. The number of hydrogen-bond acceptors (Lipinski definition) is 7. The number of sulfonamides is 1.